The fourth-order valence-electron chi connectivity index (χ4n) is 3.92. The number of hydrogen-bond donors (Lipinski definition) is 1. The predicted octanol–water partition coefficient (Wildman–Crippen LogP) is 2.24. The smallest absolute Gasteiger partial charge is 0.273 e. The lowest BCUT2D eigenvalue weighted by Crippen LogP contribution is -2.32. The number of carbonyl (C=O) groups is 1. The maximum Gasteiger partial charge on any atom is 0.273 e. The van der Waals surface area contributed by atoms with Gasteiger partial charge in [0.05, 0.1) is 11.4 Å². The largest absolute Gasteiger partial charge is 0.348 e. The van der Waals surface area contributed by atoms with Crippen LogP contribution in [-0.4, -0.2) is 44.9 Å². The van der Waals surface area contributed by atoms with E-state index in [-0.39, 0.29) is 5.91 Å². The van der Waals surface area contributed by atoms with Crippen molar-refractivity contribution >= 4 is 5.91 Å². The van der Waals surface area contributed by atoms with Crippen molar-refractivity contribution in [2.45, 2.75) is 51.6 Å². The Labute approximate surface area is 153 Å². The van der Waals surface area contributed by atoms with Gasteiger partial charge in [-0.2, -0.15) is 0 Å². The summed E-state index contributed by atoms with van der Waals surface area (Å²) in [4.78, 5) is 14.9. The van der Waals surface area contributed by atoms with Crippen LogP contribution in [0, 0.1) is 12.8 Å². The van der Waals surface area contributed by atoms with E-state index in [1.165, 1.54) is 30.5 Å². The van der Waals surface area contributed by atoms with Gasteiger partial charge >= 0.3 is 0 Å². The summed E-state index contributed by atoms with van der Waals surface area (Å²) >= 11 is 0. The number of rotatable bonds is 5. The van der Waals surface area contributed by atoms with Crippen LogP contribution in [0.25, 0.3) is 5.69 Å². The number of benzene rings is 1. The van der Waals surface area contributed by atoms with Crippen LogP contribution in [0.2, 0.25) is 0 Å². The molecular weight excluding hydrogens is 326 g/mol. The summed E-state index contributed by atoms with van der Waals surface area (Å²) < 4.78 is 1.84. The number of carbonyl (C=O) groups excluding carboxylic acids is 1. The van der Waals surface area contributed by atoms with E-state index >= 15 is 0 Å². The van der Waals surface area contributed by atoms with Gasteiger partial charge in [-0.3, -0.25) is 9.69 Å². The molecule has 6 heteroatoms. The van der Waals surface area contributed by atoms with Crippen LogP contribution in [-0.2, 0) is 13.0 Å². The SMILES string of the molecule is Cc1c(C(=O)NC2CC2)nnn1-c1cccc2c1CCN(CC1CC1)C2. The molecule has 1 aliphatic heterocycles. The molecule has 1 aromatic carbocycles. The summed E-state index contributed by atoms with van der Waals surface area (Å²) in [7, 11) is 0. The first-order valence-corrected chi connectivity index (χ1v) is 9.75. The van der Waals surface area contributed by atoms with E-state index < -0.39 is 0 Å². The van der Waals surface area contributed by atoms with Crippen molar-refractivity contribution in [2.75, 3.05) is 13.1 Å². The summed E-state index contributed by atoms with van der Waals surface area (Å²) in [6.45, 7) is 5.28. The molecule has 2 aliphatic carbocycles. The van der Waals surface area contributed by atoms with Crippen LogP contribution in [0.15, 0.2) is 18.2 Å². The molecule has 1 N–H and O–H groups in total. The fourth-order valence-corrected chi connectivity index (χ4v) is 3.92. The average Bonchev–Trinajstić information content (AvgIpc) is 3.56. The molecular formula is C20H25N5O. The van der Waals surface area contributed by atoms with Crippen molar-refractivity contribution in [2.24, 2.45) is 5.92 Å². The molecule has 2 aromatic rings. The molecule has 6 nitrogen and oxygen atoms in total. The first-order valence-electron chi connectivity index (χ1n) is 9.75. The molecule has 26 heavy (non-hydrogen) atoms. The number of nitrogens with zero attached hydrogens (tertiary/aromatic N) is 4. The minimum absolute atomic E-state index is 0.100. The third-order valence-electron chi connectivity index (χ3n) is 5.78. The summed E-state index contributed by atoms with van der Waals surface area (Å²) in [5.41, 5.74) is 5.07. The molecule has 0 saturated heterocycles. The zero-order valence-electron chi connectivity index (χ0n) is 15.2. The summed E-state index contributed by atoms with van der Waals surface area (Å²) in [5.74, 6) is 0.821. The number of aromatic nitrogens is 3. The third kappa shape index (κ3) is 3.03. The molecule has 2 heterocycles. The molecule has 2 fully saturated rings. The van der Waals surface area contributed by atoms with Crippen molar-refractivity contribution in [1.29, 1.82) is 0 Å². The van der Waals surface area contributed by atoms with Gasteiger partial charge in [-0.1, -0.05) is 17.3 Å². The van der Waals surface area contributed by atoms with Gasteiger partial charge in [0, 0.05) is 25.7 Å². The first kappa shape index (κ1) is 16.0. The van der Waals surface area contributed by atoms with E-state index in [0.29, 0.717) is 11.7 Å². The zero-order chi connectivity index (χ0) is 17.7. The third-order valence-corrected chi connectivity index (χ3v) is 5.78. The van der Waals surface area contributed by atoms with Gasteiger partial charge in [0.1, 0.15) is 0 Å². The lowest BCUT2D eigenvalue weighted by molar-refractivity contribution is 0.0945. The van der Waals surface area contributed by atoms with E-state index in [9.17, 15) is 4.79 Å². The lowest BCUT2D eigenvalue weighted by atomic mass is 9.97. The lowest BCUT2D eigenvalue weighted by Gasteiger charge is -2.30. The Morgan fingerprint density at radius 1 is 1.27 bits per heavy atom. The molecule has 0 bridgehead atoms. The Morgan fingerprint density at radius 2 is 2.12 bits per heavy atom. The summed E-state index contributed by atoms with van der Waals surface area (Å²) in [5, 5.41) is 11.5. The number of hydrogen-bond acceptors (Lipinski definition) is 4. The second kappa shape index (κ2) is 6.20. The van der Waals surface area contributed by atoms with Crippen molar-refractivity contribution in [3.8, 4) is 5.69 Å². The normalized spacial score (nSPS) is 20.0. The highest BCUT2D eigenvalue weighted by Crippen LogP contribution is 2.32. The Hall–Kier alpha value is -2.21. The maximum atomic E-state index is 12.4. The van der Waals surface area contributed by atoms with Crippen LogP contribution in [0.3, 0.4) is 0 Å². The Bertz CT molecular complexity index is 850. The van der Waals surface area contributed by atoms with E-state index in [4.69, 9.17) is 0 Å². The van der Waals surface area contributed by atoms with E-state index in [2.05, 4.69) is 38.7 Å². The molecule has 0 atom stereocenters. The first-order chi connectivity index (χ1) is 12.7. The standard InChI is InChI=1S/C20H25N5O/c1-13-19(20(26)21-16-7-8-16)22-23-25(13)18-4-2-3-15-12-24(10-9-17(15)18)11-14-5-6-14/h2-4,14,16H,5-12H2,1H3,(H,21,26). The van der Waals surface area contributed by atoms with Crippen LogP contribution >= 0.6 is 0 Å². The summed E-state index contributed by atoms with van der Waals surface area (Å²) in [6, 6.07) is 6.75. The van der Waals surface area contributed by atoms with E-state index in [1.54, 1.807) is 0 Å². The highest BCUT2D eigenvalue weighted by molar-refractivity contribution is 5.93. The molecule has 0 radical (unpaired) electrons. The second-order valence-electron chi connectivity index (χ2n) is 8.03. The van der Waals surface area contributed by atoms with Gasteiger partial charge in [0.2, 0.25) is 0 Å². The molecule has 0 spiro atoms. The highest BCUT2D eigenvalue weighted by atomic mass is 16.2. The van der Waals surface area contributed by atoms with Crippen LogP contribution in [0.1, 0.15) is 53.0 Å². The molecule has 2 saturated carbocycles. The fraction of sp³-hybridized carbons (Fsp3) is 0.550. The minimum Gasteiger partial charge on any atom is -0.348 e. The highest BCUT2D eigenvalue weighted by Gasteiger charge is 2.29. The maximum absolute atomic E-state index is 12.4. The van der Waals surface area contributed by atoms with Crippen LogP contribution in [0.5, 0.6) is 0 Å². The quantitative estimate of drug-likeness (QED) is 0.897. The van der Waals surface area contributed by atoms with Crippen LogP contribution < -0.4 is 5.32 Å². The molecule has 5 rings (SSSR count). The Morgan fingerprint density at radius 3 is 2.88 bits per heavy atom. The predicted molar refractivity (Wildman–Crippen MR) is 98.3 cm³/mol. The molecule has 3 aliphatic rings. The number of fused-ring (bicyclic) bond motifs is 1. The summed E-state index contributed by atoms with van der Waals surface area (Å²) in [6.07, 6.45) is 5.96. The average molecular weight is 351 g/mol. The Balaban J connectivity index is 1.42. The van der Waals surface area contributed by atoms with Gasteiger partial charge in [0.15, 0.2) is 5.69 Å². The molecule has 0 unspecified atom stereocenters. The van der Waals surface area contributed by atoms with Crippen molar-refractivity contribution in [3.05, 3.63) is 40.7 Å². The Kier molecular flexibility index (Phi) is 3.81. The molecule has 136 valence electrons. The van der Waals surface area contributed by atoms with Gasteiger partial charge < -0.3 is 5.32 Å². The van der Waals surface area contributed by atoms with E-state index in [0.717, 1.165) is 49.7 Å². The van der Waals surface area contributed by atoms with E-state index in [1.807, 2.05) is 11.6 Å². The minimum atomic E-state index is -0.100. The number of amides is 1. The monoisotopic (exact) mass is 351 g/mol. The second-order valence-corrected chi connectivity index (χ2v) is 8.03. The van der Waals surface area contributed by atoms with Gasteiger partial charge in [-0.25, -0.2) is 4.68 Å². The van der Waals surface area contributed by atoms with Gasteiger partial charge in [-0.15, -0.1) is 5.10 Å². The van der Waals surface area contributed by atoms with Crippen LogP contribution in [0.4, 0.5) is 0 Å². The molecule has 1 aromatic heterocycles. The molecule has 1 amide bonds. The van der Waals surface area contributed by atoms with Crippen molar-refractivity contribution in [1.82, 2.24) is 25.2 Å². The van der Waals surface area contributed by atoms with Gasteiger partial charge in [-0.05, 0) is 62.1 Å². The van der Waals surface area contributed by atoms with Gasteiger partial charge in [0.25, 0.3) is 5.91 Å². The van der Waals surface area contributed by atoms with Crippen molar-refractivity contribution < 1.29 is 4.79 Å². The van der Waals surface area contributed by atoms with Crippen molar-refractivity contribution in [3.63, 3.8) is 0 Å². The number of nitrogens with one attached hydrogen (secondary N) is 1. The topological polar surface area (TPSA) is 63.1 Å². The zero-order valence-corrected chi connectivity index (χ0v) is 15.2.